The summed E-state index contributed by atoms with van der Waals surface area (Å²) in [6, 6.07) is 17.6. The van der Waals surface area contributed by atoms with Crippen LogP contribution in [0.5, 0.6) is 0 Å². The van der Waals surface area contributed by atoms with Crippen LogP contribution >= 0.6 is 15.9 Å². The Morgan fingerprint density at radius 1 is 1.05 bits per heavy atom. The number of ketones is 1. The van der Waals surface area contributed by atoms with Crippen molar-refractivity contribution in [2.24, 2.45) is 5.11 Å². The number of rotatable bonds is 5. The highest BCUT2D eigenvalue weighted by atomic mass is 79.9. The topological polar surface area (TPSA) is 65.8 Å². The molecule has 100 valence electrons. The Balaban J connectivity index is 2.31. The number of azide groups is 1. The maximum atomic E-state index is 12.4. The first-order chi connectivity index (χ1) is 9.74. The number of benzene rings is 2. The number of alkyl halides is 1. The van der Waals surface area contributed by atoms with Gasteiger partial charge in [-0.25, -0.2) is 0 Å². The average Bonchev–Trinajstić information content (AvgIpc) is 2.53. The molecule has 0 amide bonds. The number of carbonyl (C=O) groups is 1. The lowest BCUT2D eigenvalue weighted by atomic mass is 9.98. The molecule has 2 atom stereocenters. The monoisotopic (exact) mass is 329 g/mol. The number of carbonyl (C=O) groups excluding carboxylic acids is 1. The summed E-state index contributed by atoms with van der Waals surface area (Å²) in [6.45, 7) is 0. The van der Waals surface area contributed by atoms with Crippen molar-refractivity contribution in [1.82, 2.24) is 0 Å². The Kier molecular flexibility index (Phi) is 4.93. The molecule has 0 saturated carbocycles. The standard InChI is InChI=1S/C15H12BrN3O/c16-13(15(20)12-9-5-2-6-10-12)14(18-19-17)11-7-3-1-4-8-11/h1-10,13-14H/t13-,14-/m1/s1. The van der Waals surface area contributed by atoms with E-state index in [0.717, 1.165) is 5.56 Å². The molecular formula is C15H12BrN3O. The van der Waals surface area contributed by atoms with E-state index in [0.29, 0.717) is 5.56 Å². The summed E-state index contributed by atoms with van der Waals surface area (Å²) < 4.78 is 0. The summed E-state index contributed by atoms with van der Waals surface area (Å²) in [5, 5.41) is 3.75. The molecule has 0 aliphatic heterocycles. The molecule has 0 bridgehead atoms. The van der Waals surface area contributed by atoms with Gasteiger partial charge in [-0.2, -0.15) is 0 Å². The first kappa shape index (κ1) is 14.3. The molecule has 20 heavy (non-hydrogen) atoms. The van der Waals surface area contributed by atoms with Crippen molar-refractivity contribution >= 4 is 21.7 Å². The zero-order chi connectivity index (χ0) is 14.4. The van der Waals surface area contributed by atoms with Crippen LogP contribution in [0.3, 0.4) is 0 Å². The second kappa shape index (κ2) is 6.89. The van der Waals surface area contributed by atoms with Gasteiger partial charge >= 0.3 is 0 Å². The summed E-state index contributed by atoms with van der Waals surface area (Å²) in [6.07, 6.45) is 0. The number of hydrogen-bond donors (Lipinski definition) is 0. The normalized spacial score (nSPS) is 13.1. The SMILES string of the molecule is [N-]=[N+]=N[C@H](c1ccccc1)[C@@H](Br)C(=O)c1ccccc1. The number of nitrogens with zero attached hydrogens (tertiary/aromatic N) is 3. The second-order valence-corrected chi connectivity index (χ2v) is 5.18. The van der Waals surface area contributed by atoms with Crippen molar-refractivity contribution in [3.8, 4) is 0 Å². The van der Waals surface area contributed by atoms with Gasteiger partial charge in [0.25, 0.3) is 0 Å². The maximum absolute atomic E-state index is 12.4. The van der Waals surface area contributed by atoms with E-state index in [1.165, 1.54) is 0 Å². The van der Waals surface area contributed by atoms with Crippen molar-refractivity contribution in [3.05, 3.63) is 82.2 Å². The van der Waals surface area contributed by atoms with Crippen LogP contribution in [0.15, 0.2) is 65.8 Å². The van der Waals surface area contributed by atoms with Gasteiger partial charge in [-0.05, 0) is 11.1 Å². The highest BCUT2D eigenvalue weighted by Gasteiger charge is 2.27. The molecule has 0 fully saturated rings. The maximum Gasteiger partial charge on any atom is 0.177 e. The van der Waals surface area contributed by atoms with Crippen LogP contribution in [-0.4, -0.2) is 10.6 Å². The highest BCUT2D eigenvalue weighted by molar-refractivity contribution is 9.10. The van der Waals surface area contributed by atoms with Crippen molar-refractivity contribution in [2.45, 2.75) is 10.9 Å². The lowest BCUT2D eigenvalue weighted by molar-refractivity contribution is 0.0983. The van der Waals surface area contributed by atoms with Crippen LogP contribution < -0.4 is 0 Å². The molecule has 2 rings (SSSR count). The fourth-order valence-electron chi connectivity index (χ4n) is 1.91. The predicted octanol–water partition coefficient (Wildman–Crippen LogP) is 4.68. The molecule has 0 aliphatic rings. The van der Waals surface area contributed by atoms with Crippen molar-refractivity contribution in [3.63, 3.8) is 0 Å². The first-order valence-electron chi connectivity index (χ1n) is 6.06. The van der Waals surface area contributed by atoms with Crippen LogP contribution in [0.2, 0.25) is 0 Å². The Bertz CT molecular complexity index is 624. The molecule has 2 aromatic rings. The van der Waals surface area contributed by atoms with Crippen LogP contribution in [-0.2, 0) is 0 Å². The number of Topliss-reactive ketones (excluding diaryl/α,β-unsaturated/α-hetero) is 1. The van der Waals surface area contributed by atoms with E-state index in [9.17, 15) is 4.79 Å². The zero-order valence-corrected chi connectivity index (χ0v) is 12.1. The summed E-state index contributed by atoms with van der Waals surface area (Å²) in [4.78, 5) is 14.7. The molecule has 0 aliphatic carbocycles. The molecule has 4 nitrogen and oxygen atoms in total. The summed E-state index contributed by atoms with van der Waals surface area (Å²) in [5.74, 6) is -0.105. The van der Waals surface area contributed by atoms with Gasteiger partial charge in [0.15, 0.2) is 5.78 Å². The van der Waals surface area contributed by atoms with Gasteiger partial charge in [0.05, 0.1) is 10.9 Å². The molecule has 0 radical (unpaired) electrons. The fourth-order valence-corrected chi connectivity index (χ4v) is 2.58. The van der Waals surface area contributed by atoms with Crippen molar-refractivity contribution < 1.29 is 4.79 Å². The zero-order valence-electron chi connectivity index (χ0n) is 10.6. The molecule has 2 aromatic carbocycles. The third-order valence-electron chi connectivity index (χ3n) is 2.90. The minimum absolute atomic E-state index is 0.105. The molecule has 0 aromatic heterocycles. The third kappa shape index (κ3) is 3.26. The molecule has 0 N–H and O–H groups in total. The summed E-state index contributed by atoms with van der Waals surface area (Å²) >= 11 is 3.37. The largest absolute Gasteiger partial charge is 0.293 e. The van der Waals surface area contributed by atoms with E-state index in [-0.39, 0.29) is 5.78 Å². The Morgan fingerprint density at radius 3 is 2.15 bits per heavy atom. The van der Waals surface area contributed by atoms with Crippen molar-refractivity contribution in [2.75, 3.05) is 0 Å². The first-order valence-corrected chi connectivity index (χ1v) is 6.98. The van der Waals surface area contributed by atoms with E-state index in [1.54, 1.807) is 24.3 Å². The quantitative estimate of drug-likeness (QED) is 0.258. The molecule has 0 heterocycles. The van der Waals surface area contributed by atoms with E-state index in [2.05, 4.69) is 26.0 Å². The Morgan fingerprint density at radius 2 is 1.60 bits per heavy atom. The van der Waals surface area contributed by atoms with E-state index in [4.69, 9.17) is 5.53 Å². The van der Waals surface area contributed by atoms with Crippen molar-refractivity contribution in [1.29, 1.82) is 0 Å². The highest BCUT2D eigenvalue weighted by Crippen LogP contribution is 2.29. The number of halogens is 1. The van der Waals surface area contributed by atoms with Gasteiger partial charge in [-0.3, -0.25) is 4.79 Å². The van der Waals surface area contributed by atoms with Gasteiger partial charge < -0.3 is 0 Å². The van der Waals surface area contributed by atoms with Gasteiger partial charge in [-0.15, -0.1) is 0 Å². The van der Waals surface area contributed by atoms with Gasteiger partial charge in [0.1, 0.15) is 0 Å². The van der Waals surface area contributed by atoms with Gasteiger partial charge in [0.2, 0.25) is 0 Å². The predicted molar refractivity (Wildman–Crippen MR) is 81.8 cm³/mol. The lowest BCUT2D eigenvalue weighted by Gasteiger charge is -2.17. The summed E-state index contributed by atoms with van der Waals surface area (Å²) in [7, 11) is 0. The Hall–Kier alpha value is -2.10. The van der Waals surface area contributed by atoms with E-state index in [1.807, 2.05) is 36.4 Å². The molecule has 0 saturated heterocycles. The van der Waals surface area contributed by atoms with Gasteiger partial charge in [0, 0.05) is 10.5 Å². The summed E-state index contributed by atoms with van der Waals surface area (Å²) in [5.41, 5.74) is 10.1. The lowest BCUT2D eigenvalue weighted by Crippen LogP contribution is -2.21. The minimum atomic E-state index is -0.594. The fraction of sp³-hybridized carbons (Fsp3) is 0.133. The molecular weight excluding hydrogens is 318 g/mol. The van der Waals surface area contributed by atoms with Crippen LogP contribution in [0.1, 0.15) is 22.0 Å². The molecule has 0 spiro atoms. The third-order valence-corrected chi connectivity index (χ3v) is 3.82. The van der Waals surface area contributed by atoms with Gasteiger partial charge in [-0.1, -0.05) is 81.7 Å². The Labute approximate surface area is 125 Å². The smallest absolute Gasteiger partial charge is 0.177 e. The molecule has 5 heteroatoms. The van der Waals surface area contributed by atoms with E-state index < -0.39 is 10.9 Å². The van der Waals surface area contributed by atoms with Crippen LogP contribution in [0, 0.1) is 0 Å². The minimum Gasteiger partial charge on any atom is -0.293 e. The second-order valence-electron chi connectivity index (χ2n) is 4.19. The van der Waals surface area contributed by atoms with E-state index >= 15 is 0 Å². The average molecular weight is 330 g/mol. The number of hydrogen-bond acceptors (Lipinski definition) is 2. The van der Waals surface area contributed by atoms with Crippen LogP contribution in [0.4, 0.5) is 0 Å². The molecule has 0 unspecified atom stereocenters. The van der Waals surface area contributed by atoms with Crippen LogP contribution in [0.25, 0.3) is 10.4 Å².